The van der Waals surface area contributed by atoms with Crippen molar-refractivity contribution in [2.24, 2.45) is 0 Å². The molecule has 3 heteroatoms. The second-order valence-corrected chi connectivity index (χ2v) is 2.01. The van der Waals surface area contributed by atoms with Gasteiger partial charge in [-0.3, -0.25) is 0 Å². The Kier molecular flexibility index (Phi) is 1.88. The first-order valence-electron chi connectivity index (χ1n) is 2.51. The Bertz CT molecular complexity index is 290. The number of hydrogen-bond acceptors (Lipinski definition) is 1. The van der Waals surface area contributed by atoms with E-state index in [-0.39, 0.29) is 10.6 Å². The number of benzene rings is 1. The van der Waals surface area contributed by atoms with Crippen LogP contribution < -0.4 is 0 Å². The SMILES string of the molecule is N#Cc1cc[c]c(Cl)c1F. The molecule has 1 rings (SSSR count). The molecule has 1 aromatic rings. The van der Waals surface area contributed by atoms with Crippen molar-refractivity contribution in [3.63, 3.8) is 0 Å². The monoisotopic (exact) mass is 154 g/mol. The molecular formula is C7H2ClFN. The highest BCUT2D eigenvalue weighted by Crippen LogP contribution is 2.15. The molecule has 1 nitrogen and oxygen atoms in total. The summed E-state index contributed by atoms with van der Waals surface area (Å²) in [5, 5.41) is 8.14. The lowest BCUT2D eigenvalue weighted by atomic mass is 10.2. The van der Waals surface area contributed by atoms with Gasteiger partial charge in [-0.2, -0.15) is 5.26 Å². The van der Waals surface area contributed by atoms with E-state index in [1.807, 2.05) is 0 Å². The van der Waals surface area contributed by atoms with Crippen molar-refractivity contribution in [3.8, 4) is 6.07 Å². The van der Waals surface area contributed by atoms with Crippen molar-refractivity contribution < 1.29 is 4.39 Å². The predicted molar refractivity (Wildman–Crippen MR) is 35.0 cm³/mol. The van der Waals surface area contributed by atoms with E-state index in [9.17, 15) is 4.39 Å². The Labute approximate surface area is 62.7 Å². The second-order valence-electron chi connectivity index (χ2n) is 1.63. The maximum absolute atomic E-state index is 12.6. The average Bonchev–Trinajstić information content (AvgIpc) is 1.95. The second kappa shape index (κ2) is 2.68. The molecule has 10 heavy (non-hydrogen) atoms. The maximum Gasteiger partial charge on any atom is 0.160 e. The summed E-state index contributed by atoms with van der Waals surface area (Å²) in [5.41, 5.74) is -0.0521. The van der Waals surface area contributed by atoms with E-state index in [0.29, 0.717) is 0 Å². The van der Waals surface area contributed by atoms with Crippen molar-refractivity contribution in [1.29, 1.82) is 5.26 Å². The van der Waals surface area contributed by atoms with Crippen LogP contribution in [-0.2, 0) is 0 Å². The zero-order chi connectivity index (χ0) is 7.56. The molecule has 0 aliphatic rings. The van der Waals surface area contributed by atoms with Crippen LogP contribution in [0.5, 0.6) is 0 Å². The summed E-state index contributed by atoms with van der Waals surface area (Å²) in [6.07, 6.45) is 0. The predicted octanol–water partition coefficient (Wildman–Crippen LogP) is 2.15. The van der Waals surface area contributed by atoms with Gasteiger partial charge in [0, 0.05) is 6.07 Å². The van der Waals surface area contributed by atoms with E-state index >= 15 is 0 Å². The quantitative estimate of drug-likeness (QED) is 0.562. The molecule has 0 amide bonds. The molecule has 0 unspecified atom stereocenters. The molecule has 0 N–H and O–H groups in total. The minimum atomic E-state index is -0.702. The van der Waals surface area contributed by atoms with Crippen LogP contribution in [-0.4, -0.2) is 0 Å². The molecular weight excluding hydrogens is 153 g/mol. The standard InChI is InChI=1S/C7H2ClFN/c8-6-3-1-2-5(4-10)7(6)9/h1-2H. The van der Waals surface area contributed by atoms with E-state index < -0.39 is 5.82 Å². The first kappa shape index (κ1) is 7.04. The third-order valence-corrected chi connectivity index (χ3v) is 1.28. The van der Waals surface area contributed by atoms with Gasteiger partial charge in [0.05, 0.1) is 10.6 Å². The van der Waals surface area contributed by atoms with Crippen molar-refractivity contribution in [2.75, 3.05) is 0 Å². The molecule has 0 bridgehead atoms. The molecule has 0 spiro atoms. The zero-order valence-electron chi connectivity index (χ0n) is 4.86. The van der Waals surface area contributed by atoms with E-state index in [2.05, 4.69) is 6.07 Å². The zero-order valence-corrected chi connectivity index (χ0v) is 5.61. The maximum atomic E-state index is 12.6. The van der Waals surface area contributed by atoms with Gasteiger partial charge >= 0.3 is 0 Å². The molecule has 49 valence electrons. The minimum absolute atomic E-state index is 0.0521. The normalized spacial score (nSPS) is 8.90. The molecule has 0 saturated carbocycles. The van der Waals surface area contributed by atoms with Crippen LogP contribution in [0.4, 0.5) is 4.39 Å². The lowest BCUT2D eigenvalue weighted by Crippen LogP contribution is -1.82. The van der Waals surface area contributed by atoms with E-state index in [4.69, 9.17) is 16.9 Å². The van der Waals surface area contributed by atoms with Gasteiger partial charge in [-0.1, -0.05) is 17.7 Å². The number of nitriles is 1. The van der Waals surface area contributed by atoms with Crippen LogP contribution in [0.15, 0.2) is 12.1 Å². The highest BCUT2D eigenvalue weighted by molar-refractivity contribution is 6.30. The van der Waals surface area contributed by atoms with Crippen molar-refractivity contribution in [1.82, 2.24) is 0 Å². The fourth-order valence-electron chi connectivity index (χ4n) is 0.539. The Balaban J connectivity index is 3.31. The Morgan fingerprint density at radius 1 is 1.70 bits per heavy atom. The molecule has 0 heterocycles. The smallest absolute Gasteiger partial charge is 0.160 e. The summed E-state index contributed by atoms with van der Waals surface area (Å²) in [6, 6.07) is 6.80. The average molecular weight is 155 g/mol. The molecule has 0 atom stereocenters. The van der Waals surface area contributed by atoms with Crippen LogP contribution in [0, 0.1) is 23.2 Å². The van der Waals surface area contributed by atoms with Crippen molar-refractivity contribution >= 4 is 11.6 Å². The molecule has 1 aromatic carbocycles. The Morgan fingerprint density at radius 3 is 2.90 bits per heavy atom. The molecule has 0 saturated heterocycles. The number of nitrogens with zero attached hydrogens (tertiary/aromatic N) is 1. The van der Waals surface area contributed by atoms with Gasteiger partial charge in [-0.05, 0) is 6.07 Å². The minimum Gasteiger partial charge on any atom is -0.204 e. The van der Waals surface area contributed by atoms with Crippen molar-refractivity contribution in [3.05, 3.63) is 34.6 Å². The number of hydrogen-bond donors (Lipinski definition) is 0. The molecule has 0 aliphatic carbocycles. The van der Waals surface area contributed by atoms with Gasteiger partial charge in [0.2, 0.25) is 0 Å². The van der Waals surface area contributed by atoms with Crippen LogP contribution in [0.3, 0.4) is 0 Å². The fourth-order valence-corrected chi connectivity index (χ4v) is 0.704. The lowest BCUT2D eigenvalue weighted by molar-refractivity contribution is 0.624. The van der Waals surface area contributed by atoms with Crippen LogP contribution in [0.2, 0.25) is 5.02 Å². The van der Waals surface area contributed by atoms with E-state index in [1.54, 1.807) is 6.07 Å². The Morgan fingerprint density at radius 2 is 2.40 bits per heavy atom. The fraction of sp³-hybridized carbons (Fsp3) is 0. The summed E-state index contributed by atoms with van der Waals surface area (Å²) < 4.78 is 12.6. The van der Waals surface area contributed by atoms with Gasteiger partial charge in [0.15, 0.2) is 5.82 Å². The third kappa shape index (κ3) is 1.09. The topological polar surface area (TPSA) is 23.8 Å². The van der Waals surface area contributed by atoms with Crippen LogP contribution >= 0.6 is 11.6 Å². The highest BCUT2D eigenvalue weighted by atomic mass is 35.5. The third-order valence-electron chi connectivity index (χ3n) is 1.01. The first-order chi connectivity index (χ1) is 4.75. The summed E-state index contributed by atoms with van der Waals surface area (Å²) in [4.78, 5) is 0. The summed E-state index contributed by atoms with van der Waals surface area (Å²) >= 11 is 5.31. The van der Waals surface area contributed by atoms with E-state index in [1.165, 1.54) is 12.1 Å². The molecule has 1 radical (unpaired) electrons. The van der Waals surface area contributed by atoms with Gasteiger partial charge in [0.25, 0.3) is 0 Å². The van der Waals surface area contributed by atoms with E-state index in [0.717, 1.165) is 0 Å². The number of rotatable bonds is 0. The molecule has 0 aliphatic heterocycles. The van der Waals surface area contributed by atoms with Crippen molar-refractivity contribution in [2.45, 2.75) is 0 Å². The summed E-state index contributed by atoms with van der Waals surface area (Å²) in [5.74, 6) is -0.702. The van der Waals surface area contributed by atoms with Crippen LogP contribution in [0.1, 0.15) is 5.56 Å². The highest BCUT2D eigenvalue weighted by Gasteiger charge is 2.03. The lowest BCUT2D eigenvalue weighted by Gasteiger charge is -1.91. The van der Waals surface area contributed by atoms with Crippen LogP contribution in [0.25, 0.3) is 0 Å². The van der Waals surface area contributed by atoms with Gasteiger partial charge in [0.1, 0.15) is 6.07 Å². The summed E-state index contributed by atoms with van der Waals surface area (Å²) in [7, 11) is 0. The van der Waals surface area contributed by atoms with Gasteiger partial charge < -0.3 is 0 Å². The number of halogens is 2. The summed E-state index contributed by atoms with van der Waals surface area (Å²) in [6.45, 7) is 0. The largest absolute Gasteiger partial charge is 0.204 e. The van der Waals surface area contributed by atoms with Gasteiger partial charge in [-0.25, -0.2) is 4.39 Å². The molecule has 0 aromatic heterocycles. The Hall–Kier alpha value is -1.07. The molecule has 0 fully saturated rings. The first-order valence-corrected chi connectivity index (χ1v) is 2.89. The van der Waals surface area contributed by atoms with Gasteiger partial charge in [-0.15, -0.1) is 0 Å².